The molecule has 5 nitrogen and oxygen atoms in total. The summed E-state index contributed by atoms with van der Waals surface area (Å²) in [6.45, 7) is 7.12. The molecule has 2 aliphatic rings. The number of halogens is 3. The van der Waals surface area contributed by atoms with Gasteiger partial charge in [0.25, 0.3) is 0 Å². The first-order valence-corrected chi connectivity index (χ1v) is 11.8. The summed E-state index contributed by atoms with van der Waals surface area (Å²) in [6.07, 6.45) is -3.97. The van der Waals surface area contributed by atoms with Crippen molar-refractivity contribution in [2.24, 2.45) is 5.92 Å². The van der Waals surface area contributed by atoms with Crippen LogP contribution in [0.1, 0.15) is 30.4 Å². The van der Waals surface area contributed by atoms with E-state index in [0.717, 1.165) is 50.2 Å². The third-order valence-electron chi connectivity index (χ3n) is 7.02. The van der Waals surface area contributed by atoms with Gasteiger partial charge in [0.2, 0.25) is 5.91 Å². The SMILES string of the molecule is CCC(=O)N1C[C@H](CN2CCN(c3cccc(OC)c3)CC2)[C@@H](c2cccc(C(F)(F)F)c2)C1. The second-order valence-corrected chi connectivity index (χ2v) is 9.13. The van der Waals surface area contributed by atoms with Crippen molar-refractivity contribution < 1.29 is 22.7 Å². The van der Waals surface area contributed by atoms with Gasteiger partial charge >= 0.3 is 6.18 Å². The summed E-state index contributed by atoms with van der Waals surface area (Å²) in [5.74, 6) is 0.884. The normalized spacial score (nSPS) is 21.7. The molecular formula is C26H32F3N3O2. The molecule has 34 heavy (non-hydrogen) atoms. The van der Waals surface area contributed by atoms with E-state index in [1.165, 1.54) is 12.1 Å². The molecule has 184 valence electrons. The van der Waals surface area contributed by atoms with Crippen molar-refractivity contribution in [3.05, 3.63) is 59.7 Å². The van der Waals surface area contributed by atoms with Gasteiger partial charge in [0, 0.05) is 69.9 Å². The van der Waals surface area contributed by atoms with Gasteiger partial charge in [-0.2, -0.15) is 13.2 Å². The number of anilines is 1. The standard InChI is InChI=1S/C26H32F3N3O2/c1-3-25(33)32-17-20(24(18-32)19-6-4-7-21(14-19)26(27,28)29)16-30-10-12-31(13-11-30)22-8-5-9-23(15-22)34-2/h4-9,14-15,20,24H,3,10-13,16-18H2,1-2H3/t20-,24+/m0/s1. The van der Waals surface area contributed by atoms with Gasteiger partial charge in [0.05, 0.1) is 12.7 Å². The van der Waals surface area contributed by atoms with Crippen LogP contribution < -0.4 is 9.64 Å². The molecule has 2 fully saturated rings. The van der Waals surface area contributed by atoms with E-state index < -0.39 is 11.7 Å². The number of alkyl halides is 3. The predicted octanol–water partition coefficient (Wildman–Crippen LogP) is 4.49. The van der Waals surface area contributed by atoms with Crippen molar-refractivity contribution >= 4 is 11.6 Å². The Kier molecular flexibility index (Phi) is 7.36. The lowest BCUT2D eigenvalue weighted by Crippen LogP contribution is -2.48. The topological polar surface area (TPSA) is 36.0 Å². The van der Waals surface area contributed by atoms with Crippen molar-refractivity contribution in [1.29, 1.82) is 0 Å². The second kappa shape index (κ2) is 10.3. The number of likely N-dealkylation sites (tertiary alicyclic amines) is 1. The molecule has 0 N–H and O–H groups in total. The Bertz CT molecular complexity index is 989. The second-order valence-electron chi connectivity index (χ2n) is 9.13. The van der Waals surface area contributed by atoms with E-state index in [0.29, 0.717) is 25.1 Å². The van der Waals surface area contributed by atoms with Crippen LogP contribution >= 0.6 is 0 Å². The monoisotopic (exact) mass is 475 g/mol. The number of hydrogen-bond acceptors (Lipinski definition) is 4. The molecule has 0 aliphatic carbocycles. The molecule has 2 atom stereocenters. The summed E-state index contributed by atoms with van der Waals surface area (Å²) < 4.78 is 45.3. The Labute approximate surface area is 199 Å². The lowest BCUT2D eigenvalue weighted by atomic mass is 9.87. The zero-order valence-electron chi connectivity index (χ0n) is 19.7. The van der Waals surface area contributed by atoms with E-state index in [1.54, 1.807) is 13.2 Å². The number of benzene rings is 2. The maximum absolute atomic E-state index is 13.3. The number of carbonyl (C=O) groups is 1. The number of hydrogen-bond donors (Lipinski definition) is 0. The highest BCUT2D eigenvalue weighted by Gasteiger charge is 2.38. The molecule has 2 saturated heterocycles. The first-order valence-electron chi connectivity index (χ1n) is 11.8. The molecule has 4 rings (SSSR count). The van der Waals surface area contributed by atoms with Gasteiger partial charge in [0.1, 0.15) is 5.75 Å². The first-order chi connectivity index (χ1) is 16.3. The van der Waals surface area contributed by atoms with Crippen molar-refractivity contribution in [2.75, 3.05) is 57.8 Å². The smallest absolute Gasteiger partial charge is 0.416 e. The van der Waals surface area contributed by atoms with Crippen LogP contribution in [-0.2, 0) is 11.0 Å². The third-order valence-corrected chi connectivity index (χ3v) is 7.02. The highest BCUT2D eigenvalue weighted by molar-refractivity contribution is 5.76. The van der Waals surface area contributed by atoms with Crippen molar-refractivity contribution in [1.82, 2.24) is 9.80 Å². The van der Waals surface area contributed by atoms with Crippen LogP contribution in [0.2, 0.25) is 0 Å². The number of carbonyl (C=O) groups excluding carboxylic acids is 1. The van der Waals surface area contributed by atoms with E-state index in [1.807, 2.05) is 30.0 Å². The molecule has 0 spiro atoms. The molecule has 0 saturated carbocycles. The van der Waals surface area contributed by atoms with E-state index in [4.69, 9.17) is 4.74 Å². The minimum Gasteiger partial charge on any atom is -0.497 e. The fourth-order valence-corrected chi connectivity index (χ4v) is 5.13. The minimum atomic E-state index is -4.38. The van der Waals surface area contributed by atoms with Gasteiger partial charge in [-0.3, -0.25) is 9.69 Å². The maximum atomic E-state index is 13.3. The summed E-state index contributed by atoms with van der Waals surface area (Å²) in [4.78, 5) is 18.9. The number of methoxy groups -OCH3 is 1. The van der Waals surface area contributed by atoms with E-state index >= 15 is 0 Å². The van der Waals surface area contributed by atoms with E-state index in [-0.39, 0.29) is 17.7 Å². The van der Waals surface area contributed by atoms with Gasteiger partial charge in [0.15, 0.2) is 0 Å². The average molecular weight is 476 g/mol. The fourth-order valence-electron chi connectivity index (χ4n) is 5.13. The lowest BCUT2D eigenvalue weighted by Gasteiger charge is -2.38. The molecule has 2 aromatic carbocycles. The molecular weight excluding hydrogens is 443 g/mol. The first kappa shape index (κ1) is 24.4. The van der Waals surface area contributed by atoms with Gasteiger partial charge in [-0.1, -0.05) is 31.2 Å². The van der Waals surface area contributed by atoms with Gasteiger partial charge in [-0.15, -0.1) is 0 Å². The molecule has 2 aliphatic heterocycles. The van der Waals surface area contributed by atoms with Gasteiger partial charge in [-0.05, 0) is 29.7 Å². The molecule has 0 unspecified atom stereocenters. The lowest BCUT2D eigenvalue weighted by molar-refractivity contribution is -0.137. The summed E-state index contributed by atoms with van der Waals surface area (Å²) >= 11 is 0. The Hall–Kier alpha value is -2.74. The molecule has 0 aromatic heterocycles. The zero-order chi connectivity index (χ0) is 24.3. The van der Waals surface area contributed by atoms with E-state index in [2.05, 4.69) is 15.9 Å². The van der Waals surface area contributed by atoms with Crippen LogP contribution in [0.25, 0.3) is 0 Å². The minimum absolute atomic E-state index is 0.0577. The number of piperazine rings is 1. The number of amides is 1. The Morgan fingerprint density at radius 1 is 1.03 bits per heavy atom. The van der Waals surface area contributed by atoms with Crippen LogP contribution in [-0.4, -0.2) is 68.6 Å². The molecule has 0 radical (unpaired) electrons. The highest BCUT2D eigenvalue weighted by Crippen LogP contribution is 2.37. The van der Waals surface area contributed by atoms with Crippen molar-refractivity contribution in [3.8, 4) is 5.75 Å². The molecule has 0 bridgehead atoms. The summed E-state index contributed by atoms with van der Waals surface area (Å²) in [7, 11) is 1.66. The van der Waals surface area contributed by atoms with Gasteiger partial charge in [-0.25, -0.2) is 0 Å². The molecule has 8 heteroatoms. The van der Waals surface area contributed by atoms with E-state index in [9.17, 15) is 18.0 Å². The Morgan fingerprint density at radius 3 is 2.44 bits per heavy atom. The van der Waals surface area contributed by atoms with Crippen LogP contribution in [0, 0.1) is 5.92 Å². The van der Waals surface area contributed by atoms with Crippen molar-refractivity contribution in [2.45, 2.75) is 25.4 Å². The number of nitrogens with zero attached hydrogens (tertiary/aromatic N) is 3. The van der Waals surface area contributed by atoms with Crippen LogP contribution in [0.15, 0.2) is 48.5 Å². The van der Waals surface area contributed by atoms with Crippen LogP contribution in [0.3, 0.4) is 0 Å². The molecule has 2 aromatic rings. The zero-order valence-corrected chi connectivity index (χ0v) is 19.7. The van der Waals surface area contributed by atoms with Gasteiger partial charge < -0.3 is 14.5 Å². The summed E-state index contributed by atoms with van der Waals surface area (Å²) in [5.41, 5.74) is 1.17. The van der Waals surface area contributed by atoms with Crippen LogP contribution in [0.5, 0.6) is 5.75 Å². The summed E-state index contributed by atoms with van der Waals surface area (Å²) in [6, 6.07) is 13.6. The maximum Gasteiger partial charge on any atom is 0.416 e. The largest absolute Gasteiger partial charge is 0.497 e. The van der Waals surface area contributed by atoms with Crippen molar-refractivity contribution in [3.63, 3.8) is 0 Å². The predicted molar refractivity (Wildman–Crippen MR) is 126 cm³/mol. The third kappa shape index (κ3) is 5.49. The molecule has 2 heterocycles. The number of rotatable bonds is 6. The molecule has 1 amide bonds. The Morgan fingerprint density at radius 2 is 1.76 bits per heavy atom. The fraction of sp³-hybridized carbons (Fsp3) is 0.500. The Balaban J connectivity index is 1.45. The van der Waals surface area contributed by atoms with Crippen LogP contribution in [0.4, 0.5) is 18.9 Å². The average Bonchev–Trinajstić information content (AvgIpc) is 3.27. The summed E-state index contributed by atoms with van der Waals surface area (Å²) in [5, 5.41) is 0. The quantitative estimate of drug-likeness (QED) is 0.617. The highest BCUT2D eigenvalue weighted by atomic mass is 19.4. The number of ether oxygens (including phenoxy) is 1.